The number of benzene rings is 3. The smallest absolute Gasteiger partial charge is 0.383 e. The number of hydrogen-bond donors (Lipinski definition) is 3. The molecular weight excluding hydrogens is 573 g/mol. The topological polar surface area (TPSA) is 96.2 Å². The van der Waals surface area contributed by atoms with Gasteiger partial charge in [-0.1, -0.05) is 22.0 Å². The first-order valence-electron chi connectivity index (χ1n) is 12.2. The third-order valence-corrected chi connectivity index (χ3v) is 6.49. The highest BCUT2D eigenvalue weighted by molar-refractivity contribution is 9.10. The third kappa shape index (κ3) is 7.45. The molecule has 4 rings (SSSR count). The highest BCUT2D eigenvalue weighted by atomic mass is 79.9. The number of rotatable bonds is 9. The van der Waals surface area contributed by atoms with Crippen LogP contribution < -0.4 is 16.4 Å². The SMILES string of the molecule is CN(C)CCCCNc1ccc(C(F)(F)F)cc1NC(=O)c1cc(Br)cc(-c2ccc3nc(N)ncc3c2)c1. The van der Waals surface area contributed by atoms with E-state index in [-0.39, 0.29) is 17.2 Å². The zero-order valence-electron chi connectivity index (χ0n) is 21.4. The minimum atomic E-state index is -4.54. The maximum Gasteiger partial charge on any atom is 0.416 e. The number of amides is 1. The molecule has 4 aromatic rings. The molecule has 11 heteroatoms. The summed E-state index contributed by atoms with van der Waals surface area (Å²) in [5.41, 5.74) is 7.81. The quantitative estimate of drug-likeness (QED) is 0.186. The fourth-order valence-electron chi connectivity index (χ4n) is 4.06. The van der Waals surface area contributed by atoms with Crippen LogP contribution in [0.25, 0.3) is 22.0 Å². The Kier molecular flexibility index (Phi) is 8.71. The number of halogens is 4. The average molecular weight is 601 g/mol. The van der Waals surface area contributed by atoms with Crippen molar-refractivity contribution < 1.29 is 18.0 Å². The van der Waals surface area contributed by atoms with Crippen molar-refractivity contribution in [3.8, 4) is 11.1 Å². The molecule has 0 aliphatic heterocycles. The predicted molar refractivity (Wildman–Crippen MR) is 153 cm³/mol. The van der Waals surface area contributed by atoms with E-state index < -0.39 is 17.6 Å². The van der Waals surface area contributed by atoms with Gasteiger partial charge in [0.15, 0.2) is 0 Å². The van der Waals surface area contributed by atoms with Crippen molar-refractivity contribution in [2.75, 3.05) is 43.6 Å². The third-order valence-electron chi connectivity index (χ3n) is 6.03. The zero-order chi connectivity index (χ0) is 28.2. The van der Waals surface area contributed by atoms with Gasteiger partial charge in [0.05, 0.1) is 22.5 Å². The van der Waals surface area contributed by atoms with Gasteiger partial charge in [0.2, 0.25) is 5.95 Å². The van der Waals surface area contributed by atoms with Crippen LogP contribution in [0.5, 0.6) is 0 Å². The molecule has 0 saturated heterocycles. The Morgan fingerprint density at radius 1 is 1.00 bits per heavy atom. The van der Waals surface area contributed by atoms with E-state index >= 15 is 0 Å². The second-order valence-corrected chi connectivity index (χ2v) is 10.3. The van der Waals surface area contributed by atoms with Gasteiger partial charge in [0.1, 0.15) is 0 Å². The van der Waals surface area contributed by atoms with Gasteiger partial charge in [-0.25, -0.2) is 9.97 Å². The second-order valence-electron chi connectivity index (χ2n) is 9.38. The molecule has 0 spiro atoms. The summed E-state index contributed by atoms with van der Waals surface area (Å²) in [4.78, 5) is 23.6. The maximum atomic E-state index is 13.5. The van der Waals surface area contributed by atoms with Crippen molar-refractivity contribution in [1.82, 2.24) is 14.9 Å². The summed E-state index contributed by atoms with van der Waals surface area (Å²) >= 11 is 3.45. The van der Waals surface area contributed by atoms with E-state index in [4.69, 9.17) is 5.73 Å². The van der Waals surface area contributed by atoms with Gasteiger partial charge in [-0.05, 0) is 93.1 Å². The molecule has 3 aromatic carbocycles. The van der Waals surface area contributed by atoms with Crippen LogP contribution in [-0.4, -0.2) is 48.0 Å². The normalized spacial score (nSPS) is 11.7. The number of aromatic nitrogens is 2. The maximum absolute atomic E-state index is 13.5. The summed E-state index contributed by atoms with van der Waals surface area (Å²) in [6, 6.07) is 14.0. The molecule has 0 fully saturated rings. The lowest BCUT2D eigenvalue weighted by Crippen LogP contribution is -2.16. The number of carbonyl (C=O) groups is 1. The number of nitrogens with two attached hydrogens (primary N) is 1. The molecule has 0 aliphatic carbocycles. The monoisotopic (exact) mass is 600 g/mol. The van der Waals surface area contributed by atoms with Crippen LogP contribution in [-0.2, 0) is 6.18 Å². The molecule has 1 aromatic heterocycles. The molecule has 7 nitrogen and oxygen atoms in total. The number of nitrogens with zero attached hydrogens (tertiary/aromatic N) is 3. The van der Waals surface area contributed by atoms with Crippen molar-refractivity contribution in [1.29, 1.82) is 0 Å². The molecule has 4 N–H and O–H groups in total. The number of carbonyl (C=O) groups excluding carboxylic acids is 1. The van der Waals surface area contributed by atoms with Crippen LogP contribution in [0.4, 0.5) is 30.5 Å². The number of nitrogen functional groups attached to an aromatic ring is 1. The number of unbranched alkanes of at least 4 members (excludes halogenated alkanes) is 1. The molecule has 204 valence electrons. The zero-order valence-corrected chi connectivity index (χ0v) is 23.0. The summed E-state index contributed by atoms with van der Waals surface area (Å²) in [5.74, 6) is -0.363. The van der Waals surface area contributed by atoms with Crippen molar-refractivity contribution in [2.24, 2.45) is 0 Å². The highest BCUT2D eigenvalue weighted by Gasteiger charge is 2.31. The second kappa shape index (κ2) is 12.0. The Morgan fingerprint density at radius 2 is 1.79 bits per heavy atom. The number of nitrogens with one attached hydrogen (secondary N) is 2. The molecule has 0 radical (unpaired) electrons. The van der Waals surface area contributed by atoms with Gasteiger partial charge in [0.25, 0.3) is 5.91 Å². The minimum Gasteiger partial charge on any atom is -0.383 e. The molecule has 0 bridgehead atoms. The fraction of sp³-hybridized carbons (Fsp3) is 0.250. The number of fused-ring (bicyclic) bond motifs is 1. The Balaban J connectivity index is 1.59. The summed E-state index contributed by atoms with van der Waals surface area (Å²) in [6.07, 6.45) is -1.17. The lowest BCUT2D eigenvalue weighted by molar-refractivity contribution is -0.137. The summed E-state index contributed by atoms with van der Waals surface area (Å²) in [5, 5.41) is 6.61. The molecule has 1 amide bonds. The average Bonchev–Trinajstić information content (AvgIpc) is 2.87. The van der Waals surface area contributed by atoms with Gasteiger partial charge in [-0.2, -0.15) is 13.2 Å². The molecule has 0 atom stereocenters. The van der Waals surface area contributed by atoms with E-state index in [1.54, 1.807) is 18.3 Å². The van der Waals surface area contributed by atoms with E-state index in [2.05, 4.69) is 41.4 Å². The van der Waals surface area contributed by atoms with Gasteiger partial charge >= 0.3 is 6.18 Å². The molecular formula is C28H28BrF3N6O. The van der Waals surface area contributed by atoms with Gasteiger partial charge in [-0.3, -0.25) is 4.79 Å². The predicted octanol–water partition coefficient (Wildman–Crippen LogP) is 6.67. The van der Waals surface area contributed by atoms with E-state index in [0.29, 0.717) is 22.2 Å². The summed E-state index contributed by atoms with van der Waals surface area (Å²) < 4.78 is 41.0. The molecule has 39 heavy (non-hydrogen) atoms. The van der Waals surface area contributed by atoms with Crippen LogP contribution in [0, 0.1) is 0 Å². The minimum absolute atomic E-state index is 0.0596. The van der Waals surface area contributed by atoms with Crippen molar-refractivity contribution in [3.05, 3.63) is 76.4 Å². The van der Waals surface area contributed by atoms with E-state index in [0.717, 1.165) is 48.0 Å². The van der Waals surface area contributed by atoms with Gasteiger partial charge < -0.3 is 21.3 Å². The van der Waals surface area contributed by atoms with Crippen LogP contribution in [0.2, 0.25) is 0 Å². The highest BCUT2D eigenvalue weighted by Crippen LogP contribution is 2.35. The molecule has 0 unspecified atom stereocenters. The van der Waals surface area contributed by atoms with Gasteiger partial charge in [-0.15, -0.1) is 0 Å². The molecule has 0 aliphatic rings. The molecule has 0 saturated carbocycles. The van der Waals surface area contributed by atoms with Crippen LogP contribution in [0.15, 0.2) is 65.3 Å². The Hall–Kier alpha value is -3.70. The number of hydrogen-bond acceptors (Lipinski definition) is 6. The Labute approximate surface area is 232 Å². The van der Waals surface area contributed by atoms with Gasteiger partial charge in [0, 0.05) is 28.2 Å². The van der Waals surface area contributed by atoms with E-state index in [9.17, 15) is 18.0 Å². The number of anilines is 3. The van der Waals surface area contributed by atoms with E-state index in [1.165, 1.54) is 6.07 Å². The Morgan fingerprint density at radius 3 is 2.54 bits per heavy atom. The summed E-state index contributed by atoms with van der Waals surface area (Å²) in [7, 11) is 3.96. The standard InChI is InChI=1S/C28H28BrF3N6O/c1-38(2)10-4-3-9-34-24-8-6-21(28(30,31)32)15-25(24)36-26(39)19-12-18(13-22(29)14-19)17-5-7-23-20(11-17)16-35-27(33)37-23/h5-8,11-16,34H,3-4,9-10H2,1-2H3,(H,36,39)(H2,33,35,37). The lowest BCUT2D eigenvalue weighted by atomic mass is 10.0. The first kappa shape index (κ1) is 28.3. The van der Waals surface area contributed by atoms with Crippen molar-refractivity contribution >= 4 is 50.1 Å². The van der Waals surface area contributed by atoms with Crippen LogP contribution in [0.1, 0.15) is 28.8 Å². The lowest BCUT2D eigenvalue weighted by Gasteiger charge is -2.17. The molecule has 1 heterocycles. The largest absolute Gasteiger partial charge is 0.416 e. The van der Waals surface area contributed by atoms with Crippen LogP contribution >= 0.6 is 15.9 Å². The van der Waals surface area contributed by atoms with Crippen molar-refractivity contribution in [2.45, 2.75) is 19.0 Å². The Bertz CT molecular complexity index is 1490. The number of alkyl halides is 3. The first-order chi connectivity index (χ1) is 18.5. The summed E-state index contributed by atoms with van der Waals surface area (Å²) in [6.45, 7) is 1.46. The van der Waals surface area contributed by atoms with Crippen LogP contribution in [0.3, 0.4) is 0 Å². The van der Waals surface area contributed by atoms with Crippen molar-refractivity contribution in [3.63, 3.8) is 0 Å². The first-order valence-corrected chi connectivity index (χ1v) is 13.0. The fourth-order valence-corrected chi connectivity index (χ4v) is 4.56. The van der Waals surface area contributed by atoms with E-state index in [1.807, 2.05) is 38.4 Å².